The molecule has 1 atom stereocenters. The van der Waals surface area contributed by atoms with Gasteiger partial charge >= 0.3 is 5.97 Å². The molecule has 0 aliphatic rings. The largest absolute Gasteiger partial charge is 0.467 e. The van der Waals surface area contributed by atoms with Crippen molar-refractivity contribution >= 4 is 17.3 Å². The maximum Gasteiger partial charge on any atom is 0.328 e. The molecule has 8 heteroatoms. The van der Waals surface area contributed by atoms with E-state index in [2.05, 4.69) is 10.1 Å². The summed E-state index contributed by atoms with van der Waals surface area (Å²) in [7, 11) is 1.14. The highest BCUT2D eigenvalue weighted by Crippen LogP contribution is 2.29. The van der Waals surface area contributed by atoms with Crippen LogP contribution >= 0.6 is 0 Å². The number of rotatable bonds is 5. The number of anilines is 1. The average Bonchev–Trinajstić information content (AvgIpc) is 2.36. The van der Waals surface area contributed by atoms with Gasteiger partial charge in [-0.25, -0.2) is 13.6 Å². The van der Waals surface area contributed by atoms with Crippen molar-refractivity contribution in [1.82, 2.24) is 0 Å². The van der Waals surface area contributed by atoms with E-state index in [4.69, 9.17) is 0 Å². The summed E-state index contributed by atoms with van der Waals surface area (Å²) in [4.78, 5) is 21.2. The maximum atomic E-state index is 13.6. The Bertz CT molecular complexity index is 508. The molecule has 0 aliphatic carbocycles. The van der Waals surface area contributed by atoms with Crippen LogP contribution in [0.4, 0.5) is 20.2 Å². The summed E-state index contributed by atoms with van der Waals surface area (Å²) in [6.07, 6.45) is 0.223. The Morgan fingerprint density at radius 1 is 1.53 bits per heavy atom. The summed E-state index contributed by atoms with van der Waals surface area (Å²) in [5, 5.41) is 13.1. The van der Waals surface area contributed by atoms with Crippen LogP contribution in [0.15, 0.2) is 12.1 Å². The molecule has 1 aromatic carbocycles. The summed E-state index contributed by atoms with van der Waals surface area (Å²) in [5.74, 6) is -2.91. The number of methoxy groups -OCH3 is 1. The van der Waals surface area contributed by atoms with E-state index in [0.717, 1.165) is 7.11 Å². The first kappa shape index (κ1) is 14.8. The first-order valence-electron chi connectivity index (χ1n) is 5.38. The lowest BCUT2D eigenvalue weighted by Crippen LogP contribution is -2.30. The lowest BCUT2D eigenvalue weighted by molar-refractivity contribution is -0.384. The molecular formula is C11H12F2N2O4. The number of carbonyl (C=O) groups is 1. The normalized spacial score (nSPS) is 11.8. The lowest BCUT2D eigenvalue weighted by Gasteiger charge is -2.16. The molecule has 1 N–H and O–H groups in total. The van der Waals surface area contributed by atoms with E-state index in [1.165, 1.54) is 0 Å². The predicted molar refractivity (Wildman–Crippen MR) is 62.7 cm³/mol. The van der Waals surface area contributed by atoms with Crippen molar-refractivity contribution < 1.29 is 23.2 Å². The van der Waals surface area contributed by atoms with Gasteiger partial charge in [-0.05, 0) is 6.42 Å². The van der Waals surface area contributed by atoms with E-state index in [9.17, 15) is 23.7 Å². The highest BCUT2D eigenvalue weighted by molar-refractivity contribution is 5.80. The van der Waals surface area contributed by atoms with Gasteiger partial charge in [0, 0.05) is 6.07 Å². The lowest BCUT2D eigenvalue weighted by atomic mass is 10.2. The van der Waals surface area contributed by atoms with Crippen LogP contribution in [0.3, 0.4) is 0 Å². The number of benzene rings is 1. The minimum Gasteiger partial charge on any atom is -0.467 e. The molecule has 0 aliphatic heterocycles. The zero-order valence-electron chi connectivity index (χ0n) is 10.3. The van der Waals surface area contributed by atoms with Crippen LogP contribution in [-0.2, 0) is 9.53 Å². The highest BCUT2D eigenvalue weighted by atomic mass is 19.1. The predicted octanol–water partition coefficient (Wildman–Crippen LogP) is 2.24. The molecule has 0 heterocycles. The van der Waals surface area contributed by atoms with Crippen LogP contribution in [0.25, 0.3) is 0 Å². The fraction of sp³-hybridized carbons (Fsp3) is 0.364. The van der Waals surface area contributed by atoms with Crippen molar-refractivity contribution in [2.45, 2.75) is 19.4 Å². The third-order valence-corrected chi connectivity index (χ3v) is 2.44. The third kappa shape index (κ3) is 3.36. The zero-order chi connectivity index (χ0) is 14.6. The van der Waals surface area contributed by atoms with Crippen LogP contribution in [0.1, 0.15) is 13.3 Å². The second kappa shape index (κ2) is 6.07. The Hall–Kier alpha value is -2.25. The molecule has 1 rings (SSSR count). The summed E-state index contributed by atoms with van der Waals surface area (Å²) < 4.78 is 31.0. The van der Waals surface area contributed by atoms with Crippen LogP contribution in [0, 0.1) is 21.7 Å². The molecule has 0 aromatic heterocycles. The molecule has 0 spiro atoms. The van der Waals surface area contributed by atoms with Gasteiger partial charge < -0.3 is 10.1 Å². The van der Waals surface area contributed by atoms with Crippen molar-refractivity contribution in [3.8, 4) is 0 Å². The second-order valence-electron chi connectivity index (χ2n) is 3.67. The minimum absolute atomic E-state index is 0.223. The minimum atomic E-state index is -1.14. The average molecular weight is 274 g/mol. The number of nitrogens with zero attached hydrogens (tertiary/aromatic N) is 1. The molecule has 0 fully saturated rings. The topological polar surface area (TPSA) is 81.5 Å². The smallest absolute Gasteiger partial charge is 0.328 e. The molecule has 0 saturated heterocycles. The Kier molecular flexibility index (Phi) is 4.74. The van der Waals surface area contributed by atoms with Gasteiger partial charge in [0.15, 0.2) is 11.5 Å². The number of ether oxygens (including phenoxy) is 1. The second-order valence-corrected chi connectivity index (χ2v) is 3.67. The SMILES string of the molecule is CCC(Nc1c(F)cc(F)cc1[N+](=O)[O-])C(=O)OC. The number of carbonyl (C=O) groups excluding carboxylic acids is 1. The number of nitro benzene ring substituents is 1. The number of hydrogen-bond donors (Lipinski definition) is 1. The first-order valence-corrected chi connectivity index (χ1v) is 5.38. The first-order chi connectivity index (χ1) is 8.90. The van der Waals surface area contributed by atoms with Crippen LogP contribution in [0.5, 0.6) is 0 Å². The van der Waals surface area contributed by atoms with E-state index in [-0.39, 0.29) is 6.42 Å². The van der Waals surface area contributed by atoms with Crippen LogP contribution < -0.4 is 5.32 Å². The fourth-order valence-electron chi connectivity index (χ4n) is 1.49. The monoisotopic (exact) mass is 274 g/mol. The Morgan fingerprint density at radius 3 is 2.63 bits per heavy atom. The number of nitrogens with one attached hydrogen (secondary N) is 1. The number of halogens is 2. The van der Waals surface area contributed by atoms with Gasteiger partial charge in [0.05, 0.1) is 18.1 Å². The van der Waals surface area contributed by atoms with Gasteiger partial charge in [0.1, 0.15) is 11.9 Å². The van der Waals surface area contributed by atoms with E-state index in [0.29, 0.717) is 12.1 Å². The zero-order valence-corrected chi connectivity index (χ0v) is 10.3. The van der Waals surface area contributed by atoms with E-state index >= 15 is 0 Å². The van der Waals surface area contributed by atoms with Gasteiger partial charge in [-0.2, -0.15) is 0 Å². The molecule has 0 bridgehead atoms. The Morgan fingerprint density at radius 2 is 2.16 bits per heavy atom. The maximum absolute atomic E-state index is 13.6. The molecular weight excluding hydrogens is 262 g/mol. The molecule has 1 unspecified atom stereocenters. The highest BCUT2D eigenvalue weighted by Gasteiger charge is 2.25. The van der Waals surface area contributed by atoms with Crippen molar-refractivity contribution in [3.63, 3.8) is 0 Å². The number of esters is 1. The van der Waals surface area contributed by atoms with Gasteiger partial charge in [-0.1, -0.05) is 6.92 Å². The summed E-state index contributed by atoms with van der Waals surface area (Å²) in [6, 6.07) is 0.123. The van der Waals surface area contributed by atoms with Gasteiger partial charge in [0.25, 0.3) is 5.69 Å². The van der Waals surface area contributed by atoms with Gasteiger partial charge in [0.2, 0.25) is 0 Å². The molecule has 1 aromatic rings. The third-order valence-electron chi connectivity index (χ3n) is 2.44. The summed E-state index contributed by atoms with van der Waals surface area (Å²) in [6.45, 7) is 1.61. The quantitative estimate of drug-likeness (QED) is 0.506. The molecule has 104 valence electrons. The Labute approximate surface area is 107 Å². The Balaban J connectivity index is 3.19. The molecule has 0 radical (unpaired) electrons. The molecule has 0 amide bonds. The van der Waals surface area contributed by atoms with E-state index < -0.39 is 39.9 Å². The number of nitro groups is 1. The molecule has 0 saturated carbocycles. The van der Waals surface area contributed by atoms with E-state index in [1.54, 1.807) is 6.92 Å². The summed E-state index contributed by atoms with van der Waals surface area (Å²) >= 11 is 0. The van der Waals surface area contributed by atoms with Crippen LogP contribution in [-0.4, -0.2) is 24.0 Å². The van der Waals surface area contributed by atoms with Gasteiger partial charge in [-0.3, -0.25) is 10.1 Å². The van der Waals surface area contributed by atoms with Gasteiger partial charge in [-0.15, -0.1) is 0 Å². The molecule has 6 nitrogen and oxygen atoms in total. The van der Waals surface area contributed by atoms with Crippen molar-refractivity contribution in [2.75, 3.05) is 12.4 Å². The fourth-order valence-corrected chi connectivity index (χ4v) is 1.49. The molecule has 19 heavy (non-hydrogen) atoms. The van der Waals surface area contributed by atoms with E-state index in [1.807, 2.05) is 0 Å². The standard InChI is InChI=1S/C11H12F2N2O4/c1-3-8(11(16)19-2)14-10-7(13)4-6(12)5-9(10)15(17)18/h4-5,8,14H,3H2,1-2H3. The van der Waals surface area contributed by atoms with Crippen molar-refractivity contribution in [3.05, 3.63) is 33.9 Å². The van der Waals surface area contributed by atoms with Crippen molar-refractivity contribution in [1.29, 1.82) is 0 Å². The number of hydrogen-bond acceptors (Lipinski definition) is 5. The van der Waals surface area contributed by atoms with Crippen molar-refractivity contribution in [2.24, 2.45) is 0 Å². The van der Waals surface area contributed by atoms with Crippen LogP contribution in [0.2, 0.25) is 0 Å². The summed E-state index contributed by atoms with van der Waals surface area (Å²) in [5.41, 5.74) is -1.32.